The van der Waals surface area contributed by atoms with Gasteiger partial charge in [0, 0.05) is 30.2 Å². The van der Waals surface area contributed by atoms with Crippen molar-refractivity contribution in [2.24, 2.45) is 0 Å². The van der Waals surface area contributed by atoms with Gasteiger partial charge in [0.1, 0.15) is 11.6 Å². The number of nitrogens with zero attached hydrogens (tertiary/aromatic N) is 2. The van der Waals surface area contributed by atoms with Gasteiger partial charge in [-0.15, -0.1) is 0 Å². The molecule has 1 atom stereocenters. The van der Waals surface area contributed by atoms with E-state index < -0.39 is 0 Å². The van der Waals surface area contributed by atoms with Crippen LogP contribution in [0.3, 0.4) is 0 Å². The number of ether oxygens (including phenoxy) is 1. The zero-order valence-corrected chi connectivity index (χ0v) is 19.9. The molecule has 0 saturated carbocycles. The summed E-state index contributed by atoms with van der Waals surface area (Å²) in [7, 11) is 1.71. The Kier molecular flexibility index (Phi) is 5.61. The molecule has 6 rings (SSSR count). The van der Waals surface area contributed by atoms with Gasteiger partial charge in [-0.1, -0.05) is 41.9 Å². The largest absolute Gasteiger partial charge is 0.496 e. The van der Waals surface area contributed by atoms with E-state index in [0.29, 0.717) is 5.02 Å². The summed E-state index contributed by atoms with van der Waals surface area (Å²) in [5.74, 6) is 1.71. The number of para-hydroxylation sites is 2. The molecule has 6 heteroatoms. The summed E-state index contributed by atoms with van der Waals surface area (Å²) in [5.41, 5.74) is 8.51. The summed E-state index contributed by atoms with van der Waals surface area (Å²) in [6.07, 6.45) is 3.38. The van der Waals surface area contributed by atoms with Crippen molar-refractivity contribution in [2.75, 3.05) is 20.2 Å². The third-order valence-electron chi connectivity index (χ3n) is 6.91. The number of imidazole rings is 1. The predicted octanol–water partition coefficient (Wildman–Crippen LogP) is 5.71. The molecule has 3 heterocycles. The van der Waals surface area contributed by atoms with Crippen molar-refractivity contribution in [1.29, 1.82) is 0 Å². The molecular weight excluding hydrogens is 444 g/mol. The van der Waals surface area contributed by atoms with E-state index in [-0.39, 0.29) is 6.04 Å². The molecule has 172 valence electrons. The normalized spacial score (nSPS) is 16.9. The van der Waals surface area contributed by atoms with E-state index >= 15 is 0 Å². The van der Waals surface area contributed by atoms with Crippen molar-refractivity contribution in [3.8, 4) is 5.75 Å². The number of methoxy groups -OCH3 is 1. The Morgan fingerprint density at radius 1 is 1.03 bits per heavy atom. The Bertz CT molecular complexity index is 1360. The molecule has 1 aromatic heterocycles. The number of aromatic amines is 1. The maximum atomic E-state index is 6.47. The van der Waals surface area contributed by atoms with Crippen LogP contribution in [0.4, 0.5) is 0 Å². The molecule has 0 spiro atoms. The number of nitrogens with one attached hydrogen (secondary N) is 2. The molecule has 2 N–H and O–H groups in total. The van der Waals surface area contributed by atoms with E-state index in [1.165, 1.54) is 22.3 Å². The Hall–Kier alpha value is -3.12. The van der Waals surface area contributed by atoms with E-state index in [1.807, 2.05) is 36.4 Å². The molecule has 0 saturated heterocycles. The molecule has 4 aromatic rings. The van der Waals surface area contributed by atoms with Crippen LogP contribution in [0, 0.1) is 0 Å². The minimum atomic E-state index is -0.116. The van der Waals surface area contributed by atoms with Gasteiger partial charge < -0.3 is 15.0 Å². The van der Waals surface area contributed by atoms with Gasteiger partial charge in [0.2, 0.25) is 0 Å². The van der Waals surface area contributed by atoms with E-state index in [0.717, 1.165) is 60.8 Å². The lowest BCUT2D eigenvalue weighted by Crippen LogP contribution is -2.26. The number of halogens is 1. The van der Waals surface area contributed by atoms with Gasteiger partial charge in [0.25, 0.3) is 0 Å². The van der Waals surface area contributed by atoms with E-state index in [1.54, 1.807) is 7.11 Å². The van der Waals surface area contributed by atoms with Gasteiger partial charge in [0.05, 0.1) is 24.2 Å². The van der Waals surface area contributed by atoms with Crippen LogP contribution in [-0.4, -0.2) is 35.1 Å². The fourth-order valence-electron chi connectivity index (χ4n) is 5.23. The number of hydrogen-bond acceptors (Lipinski definition) is 4. The molecule has 2 aliphatic rings. The zero-order valence-electron chi connectivity index (χ0n) is 19.1. The molecule has 0 bridgehead atoms. The first-order valence-corrected chi connectivity index (χ1v) is 12.1. The standard InChI is InChI=1S/C28H27ClN4O/c1-34-26-9-8-22(29)15-23(26)27(28-31-24-4-2-3-5-25(24)32-28)33-16-20-7-6-19(14-21(20)17-33)18-10-12-30-13-11-18/h2-10,14-15,27,30H,11-13,16-17H2,1H3,(H,31,32). The summed E-state index contributed by atoms with van der Waals surface area (Å²) < 4.78 is 5.77. The molecule has 5 nitrogen and oxygen atoms in total. The third kappa shape index (κ3) is 3.90. The van der Waals surface area contributed by atoms with Gasteiger partial charge in [-0.3, -0.25) is 4.90 Å². The Morgan fingerprint density at radius 3 is 2.74 bits per heavy atom. The Labute approximate surface area is 204 Å². The fraction of sp³-hybridized carbons (Fsp3) is 0.250. The van der Waals surface area contributed by atoms with E-state index in [4.69, 9.17) is 21.3 Å². The van der Waals surface area contributed by atoms with Gasteiger partial charge in [-0.25, -0.2) is 4.98 Å². The lowest BCUT2D eigenvalue weighted by atomic mass is 9.97. The molecule has 0 aliphatic carbocycles. The topological polar surface area (TPSA) is 53.2 Å². The molecule has 0 fully saturated rings. The highest BCUT2D eigenvalue weighted by atomic mass is 35.5. The molecule has 1 unspecified atom stereocenters. The highest BCUT2D eigenvalue weighted by molar-refractivity contribution is 6.30. The van der Waals surface area contributed by atoms with Crippen LogP contribution >= 0.6 is 11.6 Å². The van der Waals surface area contributed by atoms with Gasteiger partial charge >= 0.3 is 0 Å². The first-order chi connectivity index (χ1) is 16.7. The molecule has 34 heavy (non-hydrogen) atoms. The number of aromatic nitrogens is 2. The molecule has 0 radical (unpaired) electrons. The number of fused-ring (bicyclic) bond motifs is 2. The summed E-state index contributed by atoms with van der Waals surface area (Å²) in [5, 5.41) is 4.09. The SMILES string of the molecule is COc1ccc(Cl)cc1C(c1nc2ccccc2[nH]1)N1Cc2ccc(C3=CCNCC3)cc2C1. The molecule has 3 aromatic carbocycles. The number of rotatable bonds is 5. The van der Waals surface area contributed by atoms with Gasteiger partial charge in [0.15, 0.2) is 0 Å². The highest BCUT2D eigenvalue weighted by Crippen LogP contribution is 2.40. The highest BCUT2D eigenvalue weighted by Gasteiger charge is 2.33. The van der Waals surface area contributed by atoms with Crippen LogP contribution in [0.1, 0.15) is 40.5 Å². The van der Waals surface area contributed by atoms with Crippen LogP contribution in [0.5, 0.6) is 5.75 Å². The lowest BCUT2D eigenvalue weighted by Gasteiger charge is -2.27. The quantitative estimate of drug-likeness (QED) is 0.392. The first-order valence-electron chi connectivity index (χ1n) is 11.7. The van der Waals surface area contributed by atoms with Gasteiger partial charge in [-0.05, 0) is 71.6 Å². The van der Waals surface area contributed by atoms with Crippen molar-refractivity contribution in [3.63, 3.8) is 0 Å². The number of H-pyrrole nitrogens is 1. The molecule has 0 amide bonds. The zero-order chi connectivity index (χ0) is 23.1. The Morgan fingerprint density at radius 2 is 1.91 bits per heavy atom. The number of benzene rings is 3. The second-order valence-electron chi connectivity index (χ2n) is 9.00. The fourth-order valence-corrected chi connectivity index (χ4v) is 5.41. The van der Waals surface area contributed by atoms with Crippen molar-refractivity contribution in [3.05, 3.63) is 99.8 Å². The van der Waals surface area contributed by atoms with Crippen LogP contribution in [0.25, 0.3) is 16.6 Å². The van der Waals surface area contributed by atoms with Crippen LogP contribution in [0.2, 0.25) is 5.02 Å². The smallest absolute Gasteiger partial charge is 0.129 e. The van der Waals surface area contributed by atoms with Crippen LogP contribution < -0.4 is 10.1 Å². The first kappa shape index (κ1) is 21.4. The second kappa shape index (κ2) is 8.91. The third-order valence-corrected chi connectivity index (χ3v) is 7.14. The summed E-state index contributed by atoms with van der Waals surface area (Å²) in [6.45, 7) is 3.67. The van der Waals surface area contributed by atoms with Crippen molar-refractivity contribution >= 4 is 28.2 Å². The second-order valence-corrected chi connectivity index (χ2v) is 9.44. The monoisotopic (exact) mass is 470 g/mol. The average Bonchev–Trinajstić information content (AvgIpc) is 3.48. The van der Waals surface area contributed by atoms with Crippen molar-refractivity contribution in [1.82, 2.24) is 20.2 Å². The lowest BCUT2D eigenvalue weighted by molar-refractivity contribution is 0.220. The van der Waals surface area contributed by atoms with Crippen LogP contribution in [0.15, 0.2) is 66.7 Å². The number of hydrogen-bond donors (Lipinski definition) is 2. The Balaban J connectivity index is 1.42. The summed E-state index contributed by atoms with van der Waals surface area (Å²) >= 11 is 6.47. The minimum absolute atomic E-state index is 0.116. The van der Waals surface area contributed by atoms with Gasteiger partial charge in [-0.2, -0.15) is 0 Å². The molecule has 2 aliphatic heterocycles. The van der Waals surface area contributed by atoms with Crippen molar-refractivity contribution in [2.45, 2.75) is 25.6 Å². The average molecular weight is 471 g/mol. The van der Waals surface area contributed by atoms with E-state index in [9.17, 15) is 0 Å². The van der Waals surface area contributed by atoms with E-state index in [2.05, 4.69) is 45.5 Å². The maximum Gasteiger partial charge on any atom is 0.129 e. The minimum Gasteiger partial charge on any atom is -0.496 e. The predicted molar refractivity (Wildman–Crippen MR) is 137 cm³/mol. The maximum absolute atomic E-state index is 6.47. The summed E-state index contributed by atoms with van der Waals surface area (Å²) in [4.78, 5) is 11.0. The molecular formula is C28H27ClN4O. The van der Waals surface area contributed by atoms with Crippen LogP contribution in [-0.2, 0) is 13.1 Å². The van der Waals surface area contributed by atoms with Crippen molar-refractivity contribution < 1.29 is 4.74 Å². The summed E-state index contributed by atoms with van der Waals surface area (Å²) in [6, 6.07) is 20.8.